The molecular formula is C19H13ClN2O. The van der Waals surface area contributed by atoms with Crippen molar-refractivity contribution in [1.82, 2.24) is 4.98 Å². The monoisotopic (exact) mass is 320 g/mol. The summed E-state index contributed by atoms with van der Waals surface area (Å²) in [5, 5.41) is 3.67. The lowest BCUT2D eigenvalue weighted by Gasteiger charge is -2.06. The lowest BCUT2D eigenvalue weighted by atomic mass is 9.98. The number of hydrogen-bond donors (Lipinski definition) is 2. The van der Waals surface area contributed by atoms with Crippen LogP contribution in [0.15, 0.2) is 60.8 Å². The number of amides is 1. The molecule has 1 heterocycles. The smallest absolute Gasteiger partial charge is 0.249 e. The average Bonchev–Trinajstić information content (AvgIpc) is 2.96. The van der Waals surface area contributed by atoms with Crippen LogP contribution in [0.1, 0.15) is 10.4 Å². The highest BCUT2D eigenvalue weighted by molar-refractivity contribution is 6.31. The van der Waals surface area contributed by atoms with Crippen LogP contribution < -0.4 is 5.73 Å². The van der Waals surface area contributed by atoms with Gasteiger partial charge in [-0.05, 0) is 40.6 Å². The zero-order valence-corrected chi connectivity index (χ0v) is 12.9. The Morgan fingerprint density at radius 2 is 1.83 bits per heavy atom. The van der Waals surface area contributed by atoms with Gasteiger partial charge >= 0.3 is 0 Å². The molecule has 0 saturated carbocycles. The van der Waals surface area contributed by atoms with E-state index in [-0.39, 0.29) is 0 Å². The number of primary amides is 1. The van der Waals surface area contributed by atoms with E-state index in [0.717, 1.165) is 32.8 Å². The van der Waals surface area contributed by atoms with Gasteiger partial charge in [-0.3, -0.25) is 4.79 Å². The summed E-state index contributed by atoms with van der Waals surface area (Å²) in [4.78, 5) is 14.8. The molecule has 0 unspecified atom stereocenters. The summed E-state index contributed by atoms with van der Waals surface area (Å²) in [6.07, 6.45) is 1.97. The number of nitrogens with one attached hydrogen (secondary N) is 1. The van der Waals surface area contributed by atoms with Gasteiger partial charge in [-0.15, -0.1) is 0 Å². The number of rotatable bonds is 2. The highest BCUT2D eigenvalue weighted by atomic mass is 35.5. The van der Waals surface area contributed by atoms with Crippen LogP contribution in [0.2, 0.25) is 5.02 Å². The fourth-order valence-electron chi connectivity index (χ4n) is 3.00. The maximum absolute atomic E-state index is 11.5. The van der Waals surface area contributed by atoms with Gasteiger partial charge in [-0.25, -0.2) is 0 Å². The van der Waals surface area contributed by atoms with Gasteiger partial charge in [0.05, 0.1) is 0 Å². The van der Waals surface area contributed by atoms with E-state index in [1.54, 1.807) is 6.07 Å². The number of carbonyl (C=O) groups is 1. The number of aromatic nitrogens is 1. The summed E-state index contributed by atoms with van der Waals surface area (Å²) in [5.41, 5.74) is 9.16. The van der Waals surface area contributed by atoms with Crippen LogP contribution in [0.25, 0.3) is 32.8 Å². The Kier molecular flexibility index (Phi) is 3.10. The van der Waals surface area contributed by atoms with Gasteiger partial charge in [0.1, 0.15) is 0 Å². The molecule has 112 valence electrons. The zero-order chi connectivity index (χ0) is 16.0. The van der Waals surface area contributed by atoms with Crippen molar-refractivity contribution in [2.24, 2.45) is 5.73 Å². The van der Waals surface area contributed by atoms with Gasteiger partial charge in [-0.2, -0.15) is 0 Å². The van der Waals surface area contributed by atoms with Crippen molar-refractivity contribution in [3.05, 3.63) is 71.4 Å². The van der Waals surface area contributed by atoms with Gasteiger partial charge in [-0.1, -0.05) is 41.9 Å². The SMILES string of the molecule is NC(=O)c1cccc2cc(-c3c[nH]c4cc(Cl)ccc34)ccc12. The number of nitrogens with two attached hydrogens (primary N) is 1. The van der Waals surface area contributed by atoms with Gasteiger partial charge in [0.25, 0.3) is 0 Å². The molecule has 0 aliphatic rings. The molecule has 4 aromatic rings. The minimum atomic E-state index is -0.412. The highest BCUT2D eigenvalue weighted by Gasteiger charge is 2.10. The number of benzene rings is 3. The second-order valence-electron chi connectivity index (χ2n) is 5.50. The standard InChI is InChI=1S/C19H13ClN2O/c20-13-5-7-15-17(10-22-18(15)9-13)12-4-6-14-11(8-12)2-1-3-16(14)19(21)23/h1-10,22H,(H2,21,23). The predicted molar refractivity (Wildman–Crippen MR) is 94.8 cm³/mol. The van der Waals surface area contributed by atoms with E-state index in [2.05, 4.69) is 11.1 Å². The molecule has 0 aliphatic heterocycles. The topological polar surface area (TPSA) is 58.9 Å². The summed E-state index contributed by atoms with van der Waals surface area (Å²) < 4.78 is 0. The first-order valence-electron chi connectivity index (χ1n) is 7.23. The van der Waals surface area contributed by atoms with E-state index in [4.69, 9.17) is 17.3 Å². The molecule has 23 heavy (non-hydrogen) atoms. The maximum Gasteiger partial charge on any atom is 0.249 e. The van der Waals surface area contributed by atoms with Crippen LogP contribution in [0.4, 0.5) is 0 Å². The molecule has 4 rings (SSSR count). The molecule has 0 fully saturated rings. The Balaban J connectivity index is 1.93. The van der Waals surface area contributed by atoms with Gasteiger partial charge in [0.15, 0.2) is 0 Å². The van der Waals surface area contributed by atoms with Crippen LogP contribution in [-0.2, 0) is 0 Å². The fourth-order valence-corrected chi connectivity index (χ4v) is 3.18. The van der Waals surface area contributed by atoms with E-state index < -0.39 is 5.91 Å². The second-order valence-corrected chi connectivity index (χ2v) is 5.93. The summed E-state index contributed by atoms with van der Waals surface area (Å²) in [6, 6.07) is 17.4. The Morgan fingerprint density at radius 1 is 1.00 bits per heavy atom. The minimum Gasteiger partial charge on any atom is -0.366 e. The molecular weight excluding hydrogens is 308 g/mol. The number of carbonyl (C=O) groups excluding carboxylic acids is 1. The third-order valence-corrected chi connectivity index (χ3v) is 4.34. The first kappa shape index (κ1) is 13.9. The van der Waals surface area contributed by atoms with E-state index in [9.17, 15) is 4.79 Å². The molecule has 3 nitrogen and oxygen atoms in total. The molecule has 4 heteroatoms. The number of H-pyrrole nitrogens is 1. The normalized spacial score (nSPS) is 11.2. The quantitative estimate of drug-likeness (QED) is 0.550. The molecule has 0 saturated heterocycles. The van der Waals surface area contributed by atoms with Crippen molar-refractivity contribution < 1.29 is 4.79 Å². The van der Waals surface area contributed by atoms with Crippen LogP contribution >= 0.6 is 11.6 Å². The third kappa shape index (κ3) is 2.26. The van der Waals surface area contributed by atoms with Crippen LogP contribution in [0.5, 0.6) is 0 Å². The van der Waals surface area contributed by atoms with Crippen molar-refractivity contribution >= 4 is 39.2 Å². The van der Waals surface area contributed by atoms with Gasteiger partial charge < -0.3 is 10.7 Å². The van der Waals surface area contributed by atoms with Crippen molar-refractivity contribution in [2.45, 2.75) is 0 Å². The van der Waals surface area contributed by atoms with Crippen molar-refractivity contribution in [2.75, 3.05) is 0 Å². The molecule has 0 bridgehead atoms. The second kappa shape index (κ2) is 5.14. The Labute approximate surface area is 137 Å². The molecule has 3 N–H and O–H groups in total. The van der Waals surface area contributed by atoms with Crippen LogP contribution in [0, 0.1) is 0 Å². The van der Waals surface area contributed by atoms with Crippen LogP contribution in [0.3, 0.4) is 0 Å². The number of fused-ring (bicyclic) bond motifs is 2. The van der Waals surface area contributed by atoms with Crippen LogP contribution in [-0.4, -0.2) is 10.9 Å². The third-order valence-electron chi connectivity index (χ3n) is 4.10. The number of halogens is 1. The summed E-state index contributed by atoms with van der Waals surface area (Å²) >= 11 is 6.04. The summed E-state index contributed by atoms with van der Waals surface area (Å²) in [6.45, 7) is 0. The predicted octanol–water partition coefficient (Wildman–Crippen LogP) is 4.74. The maximum atomic E-state index is 11.5. The number of hydrogen-bond acceptors (Lipinski definition) is 1. The molecule has 1 aromatic heterocycles. The number of aromatic amines is 1. The Hall–Kier alpha value is -2.78. The fraction of sp³-hybridized carbons (Fsp3) is 0. The molecule has 1 amide bonds. The lowest BCUT2D eigenvalue weighted by Crippen LogP contribution is -2.11. The summed E-state index contributed by atoms with van der Waals surface area (Å²) in [7, 11) is 0. The first-order valence-corrected chi connectivity index (χ1v) is 7.61. The Bertz CT molecular complexity index is 1070. The van der Waals surface area contributed by atoms with Gasteiger partial charge in [0.2, 0.25) is 5.91 Å². The minimum absolute atomic E-state index is 0.412. The molecule has 3 aromatic carbocycles. The molecule has 0 spiro atoms. The molecule has 0 radical (unpaired) electrons. The van der Waals surface area contributed by atoms with E-state index in [1.807, 2.05) is 48.7 Å². The highest BCUT2D eigenvalue weighted by Crippen LogP contribution is 2.32. The Morgan fingerprint density at radius 3 is 2.65 bits per heavy atom. The van der Waals surface area contributed by atoms with Crippen molar-refractivity contribution in [1.29, 1.82) is 0 Å². The van der Waals surface area contributed by atoms with Gasteiger partial charge in [0, 0.05) is 33.2 Å². The first-order chi connectivity index (χ1) is 11.1. The zero-order valence-electron chi connectivity index (χ0n) is 12.1. The average molecular weight is 321 g/mol. The molecule has 0 aliphatic carbocycles. The van der Waals surface area contributed by atoms with Crippen molar-refractivity contribution in [3.8, 4) is 11.1 Å². The van der Waals surface area contributed by atoms with E-state index >= 15 is 0 Å². The molecule has 0 atom stereocenters. The van der Waals surface area contributed by atoms with E-state index in [1.165, 1.54) is 0 Å². The summed E-state index contributed by atoms with van der Waals surface area (Å²) in [5.74, 6) is -0.412. The van der Waals surface area contributed by atoms with E-state index in [0.29, 0.717) is 10.6 Å². The lowest BCUT2D eigenvalue weighted by molar-refractivity contribution is 0.100. The largest absolute Gasteiger partial charge is 0.366 e. The van der Waals surface area contributed by atoms with Crippen molar-refractivity contribution in [3.63, 3.8) is 0 Å².